The highest BCUT2D eigenvalue weighted by Crippen LogP contribution is 2.62. The van der Waals surface area contributed by atoms with E-state index in [2.05, 4.69) is 365 Å². The Labute approximate surface area is 701 Å². The maximum absolute atomic E-state index is 2.63. The second-order valence-corrected chi connectivity index (χ2v) is 37.0. The maximum Gasteiger partial charge on any atom is 0.0714 e. The molecule has 14 aromatic rings. The van der Waals surface area contributed by atoms with Crippen molar-refractivity contribution in [3.05, 3.63) is 417 Å². The third kappa shape index (κ3) is 12.3. The van der Waals surface area contributed by atoms with Crippen molar-refractivity contribution in [1.29, 1.82) is 0 Å². The van der Waals surface area contributed by atoms with Gasteiger partial charge >= 0.3 is 0 Å². The van der Waals surface area contributed by atoms with E-state index in [0.29, 0.717) is 23.7 Å². The van der Waals surface area contributed by atoms with E-state index in [-0.39, 0.29) is 10.8 Å². The van der Waals surface area contributed by atoms with Crippen molar-refractivity contribution < 1.29 is 0 Å². The number of benzene rings is 14. The summed E-state index contributed by atoms with van der Waals surface area (Å²) in [6.07, 6.45) is 26.1. The maximum atomic E-state index is 2.63. The van der Waals surface area contributed by atoms with Gasteiger partial charge in [-0.25, -0.2) is 0 Å². The summed E-state index contributed by atoms with van der Waals surface area (Å²) in [6, 6.07) is 127. The predicted molar refractivity (Wildman–Crippen MR) is 495 cm³/mol. The van der Waals surface area contributed by atoms with E-state index in [0.717, 1.165) is 0 Å². The Morgan fingerprint density at radius 3 is 0.907 bits per heavy atom. The van der Waals surface area contributed by atoms with Gasteiger partial charge in [-0.05, 0) is 269 Å². The average molecular weight is 1530 g/mol. The molecule has 0 aromatic heterocycles. The fraction of sp³-hybridized carbons (Fsp3) is 0.276. The molecule has 0 bridgehead atoms. The molecule has 8 aliphatic carbocycles. The Hall–Kier alpha value is -11.3. The molecule has 0 spiro atoms. The lowest BCUT2D eigenvalue weighted by Gasteiger charge is -2.36. The molecule has 1 atom stereocenters. The number of rotatable bonds is 14. The average Bonchev–Trinajstić information content (AvgIpc) is 1.54. The number of hydrogen-bond acceptors (Lipinski definition) is 2. The normalized spacial score (nSPS) is 18.6. The van der Waals surface area contributed by atoms with Crippen molar-refractivity contribution in [3.63, 3.8) is 0 Å². The van der Waals surface area contributed by atoms with Crippen LogP contribution in [-0.4, -0.2) is 0 Å². The van der Waals surface area contributed by atoms with Gasteiger partial charge in [0.2, 0.25) is 0 Å². The molecule has 22 rings (SSSR count). The second-order valence-electron chi connectivity index (χ2n) is 37.0. The van der Waals surface area contributed by atoms with Crippen LogP contribution in [-0.2, 0) is 21.7 Å². The minimum absolute atomic E-state index is 0.0954. The first-order valence-corrected chi connectivity index (χ1v) is 45.1. The van der Waals surface area contributed by atoms with Crippen LogP contribution >= 0.6 is 0 Å². The van der Waals surface area contributed by atoms with Gasteiger partial charge in [-0.1, -0.05) is 372 Å². The van der Waals surface area contributed by atoms with Gasteiger partial charge in [0, 0.05) is 45.0 Å². The quantitative estimate of drug-likeness (QED) is 0.107. The molecule has 2 heteroatoms. The first kappa shape index (κ1) is 74.2. The summed E-state index contributed by atoms with van der Waals surface area (Å²) >= 11 is 0. The van der Waals surface area contributed by atoms with Crippen molar-refractivity contribution >= 4 is 34.1 Å². The van der Waals surface area contributed by atoms with Crippen LogP contribution in [0.2, 0.25) is 0 Å². The number of hydrogen-bond donors (Lipinski definition) is 0. The van der Waals surface area contributed by atoms with Gasteiger partial charge in [0.05, 0.1) is 10.8 Å². The van der Waals surface area contributed by atoms with Gasteiger partial charge in [0.1, 0.15) is 0 Å². The van der Waals surface area contributed by atoms with E-state index in [1.54, 1.807) is 0 Å². The highest BCUT2D eigenvalue weighted by atomic mass is 15.2. The molecule has 0 N–H and O–H groups in total. The van der Waals surface area contributed by atoms with Crippen molar-refractivity contribution in [2.24, 2.45) is 0 Å². The Kier molecular flexibility index (Phi) is 19.2. The number of fused-ring (bicyclic) bond motifs is 12. The summed E-state index contributed by atoms with van der Waals surface area (Å²) in [5.74, 6) is 2.37. The van der Waals surface area contributed by atoms with E-state index >= 15 is 0 Å². The Morgan fingerprint density at radius 2 is 0.492 bits per heavy atom. The highest BCUT2D eigenvalue weighted by Gasteiger charge is 2.50. The molecule has 584 valence electrons. The van der Waals surface area contributed by atoms with E-state index < -0.39 is 10.8 Å². The predicted octanol–water partition coefficient (Wildman–Crippen LogP) is 31.8. The SMILES string of the molecule is CC1(C)c2ccccc2-c2ccc(N(c3ccc4c(c3)C(c3ccccc3)(c3cccc(C5CCCCC5)c3)c3ccccc3-4)c3ccccc3C3CCCCC3)cc21.CC1(C)c2ccccc2-c2ccc(N(c3ccc4c(c3)C(c3ccccc3)(c3ccccc3)c3cc(C5CCCCC5)ccc3-4)c3ccccc3C3CCCCC3)cc21. The molecule has 2 nitrogen and oxygen atoms in total. The van der Waals surface area contributed by atoms with Crippen molar-refractivity contribution in [2.75, 3.05) is 9.80 Å². The topological polar surface area (TPSA) is 6.48 Å². The first-order chi connectivity index (χ1) is 58.1. The lowest BCUT2D eigenvalue weighted by Crippen LogP contribution is -2.29. The molecular weight excluding hydrogens is 1420 g/mol. The third-order valence-electron chi connectivity index (χ3n) is 29.9. The van der Waals surface area contributed by atoms with Crippen LogP contribution < -0.4 is 9.80 Å². The summed E-state index contributed by atoms with van der Waals surface area (Å²) < 4.78 is 0. The van der Waals surface area contributed by atoms with Gasteiger partial charge in [0.15, 0.2) is 0 Å². The standard InChI is InChI=1S/2C58H55N/c1-57(2)52-29-17-15-28-48(52)49-35-32-45(38-53(49)57)59(56-30-18-16-27-47(56)41-21-9-4-10-22-41)46-33-36-51-50-34-31-42(40-19-7-3-8-20-40)37-54(50)58(55(51)39-46,43-23-11-5-12-24-43)44-25-13-6-14-26-44;1-57(2)52-30-15-12-28-48(52)50-35-33-45(38-54(50)57)59(56-32-17-14-27-47(56)41-21-8-4-9-22-41)46-34-36-51-49-29-13-16-31-53(49)58(55(51)39-46,43-24-10-5-11-25-43)44-26-18-23-42(37-44)40-19-6-3-7-20-40/h5-6,11-18,23-41H,3-4,7-10,19-22H2,1-2H3;5,10-18,23-41H,3-4,6-9,19-22H2,1-2H3. The molecule has 118 heavy (non-hydrogen) atoms. The fourth-order valence-electron chi connectivity index (χ4n) is 24.1. The molecule has 0 amide bonds. The molecule has 14 aromatic carbocycles. The summed E-state index contributed by atoms with van der Waals surface area (Å²) in [4.78, 5) is 5.25. The van der Waals surface area contributed by atoms with Gasteiger partial charge < -0.3 is 9.80 Å². The van der Waals surface area contributed by atoms with Crippen molar-refractivity contribution in [2.45, 2.75) is 201 Å². The molecule has 8 aliphatic rings. The minimum atomic E-state index is -0.468. The minimum Gasteiger partial charge on any atom is -0.310 e. The van der Waals surface area contributed by atoms with Gasteiger partial charge in [0.25, 0.3) is 0 Å². The molecular formula is C116H110N2. The molecule has 1 unspecified atom stereocenters. The van der Waals surface area contributed by atoms with Crippen LogP contribution in [0.15, 0.2) is 328 Å². The van der Waals surface area contributed by atoms with E-state index in [1.807, 2.05) is 0 Å². The van der Waals surface area contributed by atoms with E-state index in [1.165, 1.54) is 296 Å². The van der Waals surface area contributed by atoms with Crippen LogP contribution in [0.3, 0.4) is 0 Å². The van der Waals surface area contributed by atoms with Gasteiger partial charge in [-0.2, -0.15) is 0 Å². The zero-order chi connectivity index (χ0) is 79.1. The monoisotopic (exact) mass is 1530 g/mol. The molecule has 4 fully saturated rings. The largest absolute Gasteiger partial charge is 0.310 e. The number of nitrogens with zero attached hydrogens (tertiary/aromatic N) is 2. The van der Waals surface area contributed by atoms with Gasteiger partial charge in [-0.15, -0.1) is 0 Å². The molecule has 0 saturated heterocycles. The van der Waals surface area contributed by atoms with Crippen LogP contribution in [0.25, 0.3) is 44.5 Å². The zero-order valence-corrected chi connectivity index (χ0v) is 69.5. The number of anilines is 6. The molecule has 4 saturated carbocycles. The lowest BCUT2D eigenvalue weighted by atomic mass is 9.67. The zero-order valence-electron chi connectivity index (χ0n) is 69.5. The fourth-order valence-corrected chi connectivity index (χ4v) is 24.1. The lowest BCUT2D eigenvalue weighted by molar-refractivity contribution is 0.443. The van der Waals surface area contributed by atoms with Crippen molar-refractivity contribution in [1.82, 2.24) is 0 Å². The Bertz CT molecular complexity index is 5800. The van der Waals surface area contributed by atoms with Crippen LogP contribution in [0, 0.1) is 0 Å². The smallest absolute Gasteiger partial charge is 0.0714 e. The Balaban J connectivity index is 0.000000147. The van der Waals surface area contributed by atoms with Crippen molar-refractivity contribution in [3.8, 4) is 44.5 Å². The summed E-state index contributed by atoms with van der Waals surface area (Å²) in [7, 11) is 0. The van der Waals surface area contributed by atoms with Crippen LogP contribution in [0.4, 0.5) is 34.1 Å². The summed E-state index contributed by atoms with van der Waals surface area (Å²) in [6.45, 7) is 9.63. The van der Waals surface area contributed by atoms with Gasteiger partial charge in [-0.3, -0.25) is 0 Å². The molecule has 0 heterocycles. The van der Waals surface area contributed by atoms with E-state index in [9.17, 15) is 0 Å². The first-order valence-electron chi connectivity index (χ1n) is 45.1. The van der Waals surface area contributed by atoms with E-state index in [4.69, 9.17) is 0 Å². The Morgan fingerprint density at radius 1 is 0.203 bits per heavy atom. The van der Waals surface area contributed by atoms with Crippen LogP contribution in [0.5, 0.6) is 0 Å². The molecule has 0 aliphatic heterocycles. The van der Waals surface area contributed by atoms with Crippen LogP contribution in [0.1, 0.15) is 269 Å². The second kappa shape index (κ2) is 30.6. The molecule has 0 radical (unpaired) electrons. The summed E-state index contributed by atoms with van der Waals surface area (Å²) in [5, 5.41) is 0. The third-order valence-corrected chi connectivity index (χ3v) is 29.9. The summed E-state index contributed by atoms with van der Waals surface area (Å²) in [5.41, 5.74) is 39.8. The highest BCUT2D eigenvalue weighted by molar-refractivity contribution is 5.94. The number of para-hydroxylation sites is 2.